The lowest BCUT2D eigenvalue weighted by atomic mass is 9.72. The summed E-state index contributed by atoms with van der Waals surface area (Å²) in [5.41, 5.74) is 6.45. The number of allylic oxidation sites excluding steroid dienone is 1. The van der Waals surface area contributed by atoms with E-state index in [-0.39, 0.29) is 47.0 Å². The second kappa shape index (κ2) is 17.9. The Morgan fingerprint density at radius 3 is 2.51 bits per heavy atom. The number of nitro benzene ring substituents is 1. The molecule has 14 nitrogen and oxygen atoms in total. The number of ether oxygens (including phenoxy) is 3. The minimum absolute atomic E-state index is 0.0574. The second-order valence-corrected chi connectivity index (χ2v) is 19.8. The SMILES string of the molecule is COc1ccc([C@@H]2COc3cc(S(=O)(=O)NC(=O)c4ccc(N5CCN(CC6=C(c7ccc(Cl)cc7)CC(C)(C)CC6)CC5)cc4Oc4cnc5[nH]ccc5c4)cc([N+](=O)[O-])c3C2)cc1. The van der Waals surface area contributed by atoms with Gasteiger partial charge in [-0.2, -0.15) is 0 Å². The van der Waals surface area contributed by atoms with Gasteiger partial charge in [0.05, 0.1) is 40.9 Å². The van der Waals surface area contributed by atoms with Crippen LogP contribution in [-0.2, 0) is 16.4 Å². The van der Waals surface area contributed by atoms with E-state index in [1.54, 1.807) is 43.6 Å². The average Bonchev–Trinajstić information content (AvgIpc) is 3.77. The molecule has 0 spiro atoms. The first kappa shape index (κ1) is 43.8. The maximum absolute atomic E-state index is 14.1. The predicted molar refractivity (Wildman–Crippen MR) is 250 cm³/mol. The molecule has 2 aliphatic heterocycles. The molecule has 0 bridgehead atoms. The molecule has 4 aromatic carbocycles. The van der Waals surface area contributed by atoms with Crippen LogP contribution in [0.2, 0.25) is 5.02 Å². The lowest BCUT2D eigenvalue weighted by Gasteiger charge is -2.39. The summed E-state index contributed by atoms with van der Waals surface area (Å²) in [5, 5.41) is 13.9. The van der Waals surface area contributed by atoms with Crippen LogP contribution in [0.15, 0.2) is 114 Å². The number of sulfonamides is 1. The molecule has 9 rings (SSSR count). The molecule has 0 radical (unpaired) electrons. The fourth-order valence-electron chi connectivity index (χ4n) is 9.06. The molecule has 0 saturated carbocycles. The molecule has 65 heavy (non-hydrogen) atoms. The van der Waals surface area contributed by atoms with Crippen molar-refractivity contribution in [2.24, 2.45) is 5.41 Å². The van der Waals surface area contributed by atoms with Crippen LogP contribution in [0.1, 0.15) is 66.1 Å². The molecule has 1 aliphatic carbocycles. The highest BCUT2D eigenvalue weighted by molar-refractivity contribution is 7.90. The summed E-state index contributed by atoms with van der Waals surface area (Å²) >= 11 is 6.25. The zero-order valence-electron chi connectivity index (χ0n) is 36.3. The molecule has 16 heteroatoms. The first-order valence-corrected chi connectivity index (χ1v) is 23.4. The largest absolute Gasteiger partial charge is 0.497 e. The van der Waals surface area contributed by atoms with Crippen LogP contribution in [-0.4, -0.2) is 80.6 Å². The van der Waals surface area contributed by atoms with Gasteiger partial charge in [-0.15, -0.1) is 0 Å². The molecule has 6 aromatic rings. The standard InChI is InChI=1S/C49H49ClN6O8S/c1-49(2)16-14-34(43(27-49)32-4-8-36(50)9-5-32)29-54-18-20-55(21-19-54)37-10-13-41(46(24-37)64-39-22-33-15-17-51-47(33)52-28-39)48(57)53-65(60,61)40-25-44(56(58)59)42-23-35(30-63-45(42)26-40)31-6-11-38(62-3)12-7-31/h4-13,15,17,22,24-26,28,35H,14,16,18-21,23,27,29-30H2,1-3H3,(H,51,52)(H,53,57)/t35-/m0/s1. The van der Waals surface area contributed by atoms with Crippen LogP contribution < -0.4 is 23.8 Å². The molecule has 1 amide bonds. The van der Waals surface area contributed by atoms with E-state index in [9.17, 15) is 23.3 Å². The maximum Gasteiger partial charge on any atom is 0.277 e. The van der Waals surface area contributed by atoms with Crippen molar-refractivity contribution in [1.82, 2.24) is 19.6 Å². The number of H-pyrrole nitrogens is 1. The summed E-state index contributed by atoms with van der Waals surface area (Å²) < 4.78 is 47.6. The van der Waals surface area contributed by atoms with Gasteiger partial charge in [-0.05, 0) is 96.3 Å². The fraction of sp³-hybridized carbons (Fsp3) is 0.306. The summed E-state index contributed by atoms with van der Waals surface area (Å²) in [6.07, 6.45) is 6.70. The maximum atomic E-state index is 14.1. The van der Waals surface area contributed by atoms with Crippen LogP contribution in [0.5, 0.6) is 23.0 Å². The third kappa shape index (κ3) is 9.54. The van der Waals surface area contributed by atoms with Gasteiger partial charge < -0.3 is 24.1 Å². The van der Waals surface area contributed by atoms with Gasteiger partial charge in [0.1, 0.15) is 28.6 Å². The monoisotopic (exact) mass is 916 g/mol. The van der Waals surface area contributed by atoms with Gasteiger partial charge in [0.15, 0.2) is 0 Å². The lowest BCUT2D eigenvalue weighted by molar-refractivity contribution is -0.386. The highest BCUT2D eigenvalue weighted by Crippen LogP contribution is 2.44. The van der Waals surface area contributed by atoms with Crippen LogP contribution >= 0.6 is 11.6 Å². The Morgan fingerprint density at radius 1 is 1.00 bits per heavy atom. The Labute approximate surface area is 382 Å². The van der Waals surface area contributed by atoms with E-state index >= 15 is 0 Å². The number of halogens is 1. The quantitative estimate of drug-likeness (QED) is 0.0886. The molecular weight excluding hydrogens is 868 g/mol. The number of rotatable bonds is 12. The Kier molecular flexibility index (Phi) is 12.0. The van der Waals surface area contributed by atoms with Crippen molar-refractivity contribution in [1.29, 1.82) is 0 Å². The first-order chi connectivity index (χ1) is 31.2. The van der Waals surface area contributed by atoms with Crippen molar-refractivity contribution in [3.63, 3.8) is 0 Å². The Hall–Kier alpha value is -6.42. The van der Waals surface area contributed by atoms with Crippen molar-refractivity contribution in [3.05, 3.63) is 146 Å². The summed E-state index contributed by atoms with van der Waals surface area (Å²) in [5.74, 6) is -0.000467. The number of fused-ring (bicyclic) bond motifs is 2. The third-order valence-electron chi connectivity index (χ3n) is 12.7. The number of piperazine rings is 1. The van der Waals surface area contributed by atoms with Gasteiger partial charge in [-0.1, -0.05) is 55.3 Å². The van der Waals surface area contributed by atoms with Crippen molar-refractivity contribution in [2.45, 2.75) is 50.3 Å². The Balaban J connectivity index is 0.950. The van der Waals surface area contributed by atoms with Crippen LogP contribution in [0.3, 0.4) is 0 Å². The van der Waals surface area contributed by atoms with E-state index in [4.69, 9.17) is 25.8 Å². The fourth-order valence-corrected chi connectivity index (χ4v) is 10.2. The number of aromatic nitrogens is 2. The molecule has 1 saturated heterocycles. The Bertz CT molecular complexity index is 2930. The normalized spacial score (nSPS) is 17.6. The molecular formula is C49H49ClN6O8S. The number of carbonyl (C=O) groups is 1. The minimum Gasteiger partial charge on any atom is -0.497 e. The number of anilines is 1. The number of amides is 1. The molecule has 0 unspecified atom stereocenters. The molecule has 1 fully saturated rings. The molecule has 4 heterocycles. The van der Waals surface area contributed by atoms with E-state index in [0.29, 0.717) is 30.2 Å². The van der Waals surface area contributed by atoms with E-state index < -0.39 is 31.4 Å². The van der Waals surface area contributed by atoms with Crippen molar-refractivity contribution in [2.75, 3.05) is 51.3 Å². The highest BCUT2D eigenvalue weighted by Gasteiger charge is 2.34. The van der Waals surface area contributed by atoms with E-state index in [1.807, 2.05) is 30.3 Å². The number of benzene rings is 4. The second-order valence-electron chi connectivity index (χ2n) is 17.7. The number of hydrogen-bond acceptors (Lipinski definition) is 11. The van der Waals surface area contributed by atoms with Gasteiger partial charge in [0.25, 0.3) is 21.6 Å². The number of aromatic amines is 1. The molecule has 336 valence electrons. The zero-order valence-corrected chi connectivity index (χ0v) is 37.9. The lowest BCUT2D eigenvalue weighted by Crippen LogP contribution is -2.47. The molecule has 3 aliphatic rings. The Morgan fingerprint density at radius 2 is 1.77 bits per heavy atom. The number of nitro groups is 1. The molecule has 2 N–H and O–H groups in total. The number of hydrogen-bond donors (Lipinski definition) is 2. The average molecular weight is 917 g/mol. The number of pyridine rings is 1. The van der Waals surface area contributed by atoms with Gasteiger partial charge in [0, 0.05) is 79.1 Å². The van der Waals surface area contributed by atoms with Gasteiger partial charge >= 0.3 is 0 Å². The van der Waals surface area contributed by atoms with Crippen molar-refractivity contribution < 1.29 is 32.3 Å². The smallest absolute Gasteiger partial charge is 0.277 e. The molecule has 1 atom stereocenters. The number of nitrogens with zero attached hydrogens (tertiary/aromatic N) is 4. The zero-order chi connectivity index (χ0) is 45.5. The van der Waals surface area contributed by atoms with E-state index in [2.05, 4.69) is 50.5 Å². The van der Waals surface area contributed by atoms with Crippen molar-refractivity contribution in [3.8, 4) is 23.0 Å². The van der Waals surface area contributed by atoms with Crippen molar-refractivity contribution >= 4 is 55.5 Å². The highest BCUT2D eigenvalue weighted by atomic mass is 35.5. The first-order valence-electron chi connectivity index (χ1n) is 21.6. The molecule has 2 aromatic heterocycles. The van der Waals surface area contributed by atoms with Gasteiger partial charge in [0.2, 0.25) is 0 Å². The topological polar surface area (TPSA) is 169 Å². The third-order valence-corrected chi connectivity index (χ3v) is 14.3. The predicted octanol–water partition coefficient (Wildman–Crippen LogP) is 9.55. The van der Waals surface area contributed by atoms with Crippen LogP contribution in [0.25, 0.3) is 16.6 Å². The van der Waals surface area contributed by atoms with Crippen LogP contribution in [0.4, 0.5) is 11.4 Å². The van der Waals surface area contributed by atoms with Gasteiger partial charge in [-0.3, -0.25) is 19.8 Å². The summed E-state index contributed by atoms with van der Waals surface area (Å²) in [6, 6.07) is 26.4. The minimum atomic E-state index is -4.66. The van der Waals surface area contributed by atoms with E-state index in [0.717, 1.165) is 66.6 Å². The van der Waals surface area contributed by atoms with Crippen LogP contribution in [0, 0.1) is 15.5 Å². The summed E-state index contributed by atoms with van der Waals surface area (Å²) in [7, 11) is -3.09. The number of methoxy groups -OCH3 is 1. The van der Waals surface area contributed by atoms with Gasteiger partial charge in [-0.25, -0.2) is 18.1 Å². The number of nitrogens with one attached hydrogen (secondary N) is 2. The van der Waals surface area contributed by atoms with E-state index in [1.165, 1.54) is 35.0 Å². The number of carbonyl (C=O) groups excluding carboxylic acids is 1. The summed E-state index contributed by atoms with van der Waals surface area (Å²) in [6.45, 7) is 8.75. The summed E-state index contributed by atoms with van der Waals surface area (Å²) in [4.78, 5) is 37.5.